The van der Waals surface area contributed by atoms with Gasteiger partial charge in [-0.05, 0) is 32.8 Å². The van der Waals surface area contributed by atoms with E-state index in [0.717, 1.165) is 23.4 Å². The van der Waals surface area contributed by atoms with Crippen molar-refractivity contribution < 1.29 is 23.1 Å². The minimum Gasteiger partial charge on any atom is -0.483 e. The molecule has 0 spiro atoms. The van der Waals surface area contributed by atoms with E-state index >= 15 is 0 Å². The standard InChI is InChI=1S/C20H28N4O3S.CH2O2/c1-4-24-16(3)18(13-22-24)12-21-19(25)20(11-17-9-7-6-8-10-17)14-23(15-20)28(26,27)5-2;2-1-3/h6-10,13H,4-5,11-12,14-15H2,1-3H3,(H,21,25);1H,(H,2,3). The lowest BCUT2D eigenvalue weighted by Gasteiger charge is -2.47. The molecule has 3 rings (SSSR count). The highest BCUT2D eigenvalue weighted by atomic mass is 32.2. The fourth-order valence-electron chi connectivity index (χ4n) is 3.67. The zero-order valence-corrected chi connectivity index (χ0v) is 18.9. The molecule has 9 nitrogen and oxygen atoms in total. The molecule has 0 saturated carbocycles. The zero-order valence-electron chi connectivity index (χ0n) is 18.1. The third kappa shape index (κ3) is 5.71. The summed E-state index contributed by atoms with van der Waals surface area (Å²) >= 11 is 0. The van der Waals surface area contributed by atoms with Crippen LogP contribution in [0.15, 0.2) is 36.5 Å². The van der Waals surface area contributed by atoms with E-state index in [-0.39, 0.29) is 31.2 Å². The summed E-state index contributed by atoms with van der Waals surface area (Å²) in [7, 11) is -3.29. The van der Waals surface area contributed by atoms with Crippen molar-refractivity contribution >= 4 is 22.4 Å². The van der Waals surface area contributed by atoms with E-state index in [2.05, 4.69) is 10.4 Å². The highest BCUT2D eigenvalue weighted by Gasteiger charge is 2.52. The summed E-state index contributed by atoms with van der Waals surface area (Å²) in [5.41, 5.74) is 2.30. The van der Waals surface area contributed by atoms with E-state index in [0.29, 0.717) is 13.0 Å². The lowest BCUT2D eigenvalue weighted by atomic mass is 9.75. The predicted molar refractivity (Wildman–Crippen MR) is 117 cm³/mol. The number of hydrogen-bond donors (Lipinski definition) is 2. The Morgan fingerprint density at radius 1 is 1.26 bits per heavy atom. The first-order chi connectivity index (χ1) is 14.7. The van der Waals surface area contributed by atoms with Gasteiger partial charge >= 0.3 is 0 Å². The lowest BCUT2D eigenvalue weighted by Crippen LogP contribution is -2.65. The third-order valence-corrected chi connectivity index (χ3v) is 7.30. The number of benzene rings is 1. The Morgan fingerprint density at radius 2 is 1.87 bits per heavy atom. The van der Waals surface area contributed by atoms with Gasteiger partial charge in [0.2, 0.25) is 15.9 Å². The van der Waals surface area contributed by atoms with Crippen LogP contribution in [0.5, 0.6) is 0 Å². The summed E-state index contributed by atoms with van der Waals surface area (Å²) in [6.45, 7) is 6.99. The first kappa shape index (κ1) is 24.5. The fraction of sp³-hybridized carbons (Fsp3) is 0.476. The normalized spacial score (nSPS) is 15.3. The van der Waals surface area contributed by atoms with Crippen molar-refractivity contribution in [1.29, 1.82) is 0 Å². The van der Waals surface area contributed by atoms with Crippen molar-refractivity contribution in [2.45, 2.75) is 40.3 Å². The van der Waals surface area contributed by atoms with Gasteiger partial charge in [-0.25, -0.2) is 8.42 Å². The van der Waals surface area contributed by atoms with Crippen LogP contribution in [0.2, 0.25) is 0 Å². The minimum atomic E-state index is -3.29. The molecule has 1 aromatic carbocycles. The van der Waals surface area contributed by atoms with Crippen LogP contribution in [-0.2, 0) is 39.1 Å². The molecule has 1 aliphatic rings. The molecule has 1 saturated heterocycles. The van der Waals surface area contributed by atoms with Crippen LogP contribution >= 0.6 is 0 Å². The van der Waals surface area contributed by atoms with Crippen LogP contribution in [0.1, 0.15) is 30.7 Å². The van der Waals surface area contributed by atoms with Gasteiger partial charge in [-0.15, -0.1) is 0 Å². The van der Waals surface area contributed by atoms with Gasteiger partial charge in [-0.1, -0.05) is 30.3 Å². The highest BCUT2D eigenvalue weighted by Crippen LogP contribution is 2.36. The van der Waals surface area contributed by atoms with Gasteiger partial charge in [-0.3, -0.25) is 14.3 Å². The van der Waals surface area contributed by atoms with Crippen molar-refractivity contribution in [3.05, 3.63) is 53.3 Å². The molecule has 0 unspecified atom stereocenters. The third-order valence-electron chi connectivity index (χ3n) is 5.53. The molecular formula is C21H30N4O5S. The van der Waals surface area contributed by atoms with Crippen molar-refractivity contribution in [3.63, 3.8) is 0 Å². The summed E-state index contributed by atoms with van der Waals surface area (Å²) in [6, 6.07) is 9.74. The number of aryl methyl sites for hydroxylation is 1. The SMILES string of the molecule is CCn1ncc(CNC(=O)C2(Cc3ccccc3)CN(S(=O)(=O)CC)C2)c1C.O=CO. The van der Waals surface area contributed by atoms with E-state index in [1.165, 1.54) is 4.31 Å². The van der Waals surface area contributed by atoms with Crippen LogP contribution < -0.4 is 5.32 Å². The van der Waals surface area contributed by atoms with Gasteiger partial charge in [0.15, 0.2) is 0 Å². The molecule has 2 aromatic rings. The second kappa shape index (κ2) is 10.5. The molecule has 0 aliphatic carbocycles. The Bertz CT molecular complexity index is 982. The molecule has 10 heteroatoms. The molecular weight excluding hydrogens is 420 g/mol. The molecule has 1 fully saturated rings. The van der Waals surface area contributed by atoms with Gasteiger partial charge in [-0.2, -0.15) is 9.40 Å². The average Bonchev–Trinajstić information content (AvgIpc) is 3.09. The van der Waals surface area contributed by atoms with Crippen molar-refractivity contribution in [3.8, 4) is 0 Å². The van der Waals surface area contributed by atoms with E-state index < -0.39 is 15.4 Å². The van der Waals surface area contributed by atoms with Crippen LogP contribution in [0.25, 0.3) is 0 Å². The predicted octanol–water partition coefficient (Wildman–Crippen LogP) is 1.42. The summed E-state index contributed by atoms with van der Waals surface area (Å²) < 4.78 is 27.7. The summed E-state index contributed by atoms with van der Waals surface area (Å²) in [4.78, 5) is 21.5. The number of sulfonamides is 1. The number of hydrogen-bond acceptors (Lipinski definition) is 5. The second-order valence-electron chi connectivity index (χ2n) is 7.47. The number of rotatable bonds is 8. The van der Waals surface area contributed by atoms with Crippen LogP contribution in [0.4, 0.5) is 0 Å². The Kier molecular flexibility index (Phi) is 8.35. The summed E-state index contributed by atoms with van der Waals surface area (Å²) in [5.74, 6) is -0.0617. The van der Waals surface area contributed by atoms with Gasteiger partial charge in [0.25, 0.3) is 6.47 Å². The molecule has 1 aliphatic heterocycles. The quantitative estimate of drug-likeness (QED) is 0.587. The number of nitrogens with one attached hydrogen (secondary N) is 1. The average molecular weight is 451 g/mol. The fourth-order valence-corrected chi connectivity index (χ4v) is 4.92. The van der Waals surface area contributed by atoms with E-state index in [1.54, 1.807) is 13.1 Å². The Labute approximate surface area is 183 Å². The number of carbonyl (C=O) groups is 2. The van der Waals surface area contributed by atoms with Crippen LogP contribution in [0.3, 0.4) is 0 Å². The first-order valence-corrected chi connectivity index (χ1v) is 11.7. The van der Waals surface area contributed by atoms with Crippen molar-refractivity contribution in [1.82, 2.24) is 19.4 Å². The molecule has 2 N–H and O–H groups in total. The van der Waals surface area contributed by atoms with Crippen molar-refractivity contribution in [2.24, 2.45) is 5.41 Å². The maximum absolute atomic E-state index is 13.1. The van der Waals surface area contributed by atoms with Gasteiger partial charge in [0.05, 0.1) is 17.4 Å². The number of carbonyl (C=O) groups excluding carboxylic acids is 1. The van der Waals surface area contributed by atoms with Crippen LogP contribution in [-0.4, -0.2) is 58.8 Å². The molecule has 31 heavy (non-hydrogen) atoms. The Hall–Kier alpha value is -2.72. The van der Waals surface area contributed by atoms with E-state index in [1.807, 2.05) is 48.9 Å². The van der Waals surface area contributed by atoms with Gasteiger partial charge in [0, 0.05) is 37.4 Å². The van der Waals surface area contributed by atoms with E-state index in [4.69, 9.17) is 9.90 Å². The topological polar surface area (TPSA) is 122 Å². The maximum Gasteiger partial charge on any atom is 0.290 e. The highest BCUT2D eigenvalue weighted by molar-refractivity contribution is 7.89. The molecule has 1 aromatic heterocycles. The molecule has 0 atom stereocenters. The molecule has 0 bridgehead atoms. The van der Waals surface area contributed by atoms with E-state index in [9.17, 15) is 13.2 Å². The van der Waals surface area contributed by atoms with Crippen LogP contribution in [0, 0.1) is 12.3 Å². The molecule has 2 heterocycles. The number of amides is 1. The molecule has 170 valence electrons. The summed E-state index contributed by atoms with van der Waals surface area (Å²) in [5, 5.41) is 14.2. The van der Waals surface area contributed by atoms with Gasteiger partial charge in [0.1, 0.15) is 0 Å². The monoisotopic (exact) mass is 450 g/mol. The lowest BCUT2D eigenvalue weighted by molar-refractivity contribution is -0.137. The first-order valence-electron chi connectivity index (χ1n) is 10.1. The molecule has 0 radical (unpaired) electrons. The zero-order chi connectivity index (χ0) is 23.1. The summed E-state index contributed by atoms with van der Waals surface area (Å²) in [6.07, 6.45) is 2.29. The number of nitrogens with zero attached hydrogens (tertiary/aromatic N) is 3. The molecule has 1 amide bonds. The minimum absolute atomic E-state index is 0.0471. The second-order valence-corrected chi connectivity index (χ2v) is 9.73. The number of carboxylic acid groups (broad SMARTS) is 1. The van der Waals surface area contributed by atoms with Gasteiger partial charge < -0.3 is 10.4 Å². The maximum atomic E-state index is 13.1. The Balaban J connectivity index is 0.00000107. The largest absolute Gasteiger partial charge is 0.483 e. The smallest absolute Gasteiger partial charge is 0.290 e. The Morgan fingerprint density at radius 3 is 2.39 bits per heavy atom. The van der Waals surface area contributed by atoms with Crippen molar-refractivity contribution in [2.75, 3.05) is 18.8 Å². The number of aromatic nitrogens is 2.